The molecule has 8 heteroatoms. The predicted octanol–water partition coefficient (Wildman–Crippen LogP) is 3.27. The molecule has 0 saturated carbocycles. The number of aryl methyl sites for hydroxylation is 1. The third kappa shape index (κ3) is 3.00. The first-order valence-electron chi connectivity index (χ1n) is 6.38. The average molecular weight is 308 g/mol. The van der Waals surface area contributed by atoms with Crippen LogP contribution in [0.1, 0.15) is 5.56 Å². The van der Waals surface area contributed by atoms with E-state index >= 15 is 0 Å². The van der Waals surface area contributed by atoms with Gasteiger partial charge in [0.2, 0.25) is 5.88 Å². The number of ether oxygens (including phenoxy) is 1. The Bertz CT molecular complexity index is 813. The first-order valence-corrected chi connectivity index (χ1v) is 6.38. The third-order valence-electron chi connectivity index (χ3n) is 3.03. The molecular weight excluding hydrogens is 297 g/mol. The number of aromatic nitrogens is 4. The van der Waals surface area contributed by atoms with E-state index < -0.39 is 12.8 Å². The highest BCUT2D eigenvalue weighted by molar-refractivity contribution is 5.80. The van der Waals surface area contributed by atoms with Gasteiger partial charge in [-0.15, -0.1) is 0 Å². The molecule has 3 aromatic heterocycles. The van der Waals surface area contributed by atoms with Crippen LogP contribution in [0.3, 0.4) is 0 Å². The van der Waals surface area contributed by atoms with E-state index in [1.165, 1.54) is 6.20 Å². The van der Waals surface area contributed by atoms with Crippen molar-refractivity contribution in [2.24, 2.45) is 0 Å². The third-order valence-corrected chi connectivity index (χ3v) is 3.03. The van der Waals surface area contributed by atoms with E-state index in [1.54, 1.807) is 25.4 Å². The molecule has 0 aromatic carbocycles. The van der Waals surface area contributed by atoms with Gasteiger partial charge in [0.1, 0.15) is 0 Å². The Hall–Kier alpha value is -2.64. The van der Waals surface area contributed by atoms with Gasteiger partial charge >= 0.3 is 6.18 Å². The zero-order valence-corrected chi connectivity index (χ0v) is 11.5. The molecule has 0 fully saturated rings. The molecule has 0 aliphatic rings. The highest BCUT2D eigenvalue weighted by atomic mass is 19.4. The summed E-state index contributed by atoms with van der Waals surface area (Å²) in [5.74, 6) is -0.0292. The monoisotopic (exact) mass is 308 g/mol. The molecule has 0 aliphatic carbocycles. The predicted molar refractivity (Wildman–Crippen MR) is 73.4 cm³/mol. The molecule has 0 aliphatic heterocycles. The fraction of sp³-hybridized carbons (Fsp3) is 0.214. The van der Waals surface area contributed by atoms with Crippen molar-refractivity contribution in [1.29, 1.82) is 0 Å². The van der Waals surface area contributed by atoms with Crippen molar-refractivity contribution in [3.8, 4) is 17.0 Å². The molecule has 114 valence electrons. The molecule has 1 N–H and O–H groups in total. The van der Waals surface area contributed by atoms with Gasteiger partial charge in [-0.25, -0.2) is 9.97 Å². The van der Waals surface area contributed by atoms with Crippen molar-refractivity contribution in [1.82, 2.24) is 20.2 Å². The van der Waals surface area contributed by atoms with E-state index in [1.807, 2.05) is 6.07 Å². The highest BCUT2D eigenvalue weighted by Gasteiger charge is 2.29. The Labute approximate surface area is 123 Å². The van der Waals surface area contributed by atoms with Crippen molar-refractivity contribution < 1.29 is 17.9 Å². The van der Waals surface area contributed by atoms with Gasteiger partial charge < -0.3 is 4.74 Å². The number of fused-ring (bicyclic) bond motifs is 1. The maximum Gasteiger partial charge on any atom is 0.422 e. The molecule has 22 heavy (non-hydrogen) atoms. The number of nitrogens with one attached hydrogen (secondary N) is 1. The fourth-order valence-electron chi connectivity index (χ4n) is 2.02. The van der Waals surface area contributed by atoms with E-state index in [2.05, 4.69) is 24.9 Å². The Kier molecular flexibility index (Phi) is 3.44. The van der Waals surface area contributed by atoms with Crippen LogP contribution in [-0.2, 0) is 0 Å². The van der Waals surface area contributed by atoms with Crippen LogP contribution in [0.4, 0.5) is 13.2 Å². The number of hydrogen-bond donors (Lipinski definition) is 1. The summed E-state index contributed by atoms with van der Waals surface area (Å²) < 4.78 is 41.2. The van der Waals surface area contributed by atoms with E-state index in [0.717, 1.165) is 16.5 Å². The topological polar surface area (TPSA) is 63.7 Å². The number of pyridine rings is 2. The van der Waals surface area contributed by atoms with E-state index in [0.29, 0.717) is 11.2 Å². The normalized spacial score (nSPS) is 11.8. The van der Waals surface area contributed by atoms with E-state index in [4.69, 9.17) is 0 Å². The number of halogens is 3. The number of alkyl halides is 3. The minimum atomic E-state index is -4.39. The van der Waals surface area contributed by atoms with Crippen molar-refractivity contribution in [3.05, 3.63) is 36.3 Å². The molecule has 0 atom stereocenters. The summed E-state index contributed by atoms with van der Waals surface area (Å²) >= 11 is 0. The van der Waals surface area contributed by atoms with Gasteiger partial charge in [-0.2, -0.15) is 18.3 Å². The van der Waals surface area contributed by atoms with Crippen molar-refractivity contribution >= 4 is 11.0 Å². The lowest BCUT2D eigenvalue weighted by Crippen LogP contribution is -2.20. The number of hydrogen-bond acceptors (Lipinski definition) is 4. The first kappa shape index (κ1) is 14.3. The minimum Gasteiger partial charge on any atom is -0.468 e. The average Bonchev–Trinajstić information content (AvgIpc) is 2.92. The van der Waals surface area contributed by atoms with Crippen LogP contribution >= 0.6 is 0 Å². The zero-order valence-electron chi connectivity index (χ0n) is 11.5. The standard InChI is InChI=1S/C14H11F3N4O/c1-8-2-9(5-19-13(8)22-7-14(15,16)17)10-3-11-6-20-21-12(11)18-4-10/h2-6H,7H2,1H3,(H,18,20,21). The Morgan fingerprint density at radius 1 is 1.09 bits per heavy atom. The van der Waals surface area contributed by atoms with Crippen molar-refractivity contribution in [3.63, 3.8) is 0 Å². The highest BCUT2D eigenvalue weighted by Crippen LogP contribution is 2.26. The second-order valence-electron chi connectivity index (χ2n) is 4.78. The van der Waals surface area contributed by atoms with Gasteiger partial charge in [-0.3, -0.25) is 5.10 Å². The lowest BCUT2D eigenvalue weighted by molar-refractivity contribution is -0.154. The largest absolute Gasteiger partial charge is 0.468 e. The quantitative estimate of drug-likeness (QED) is 0.806. The second kappa shape index (κ2) is 5.28. The molecule has 3 rings (SSSR count). The Balaban J connectivity index is 1.87. The Morgan fingerprint density at radius 3 is 2.55 bits per heavy atom. The summed E-state index contributed by atoms with van der Waals surface area (Å²) in [7, 11) is 0. The molecular formula is C14H11F3N4O. The van der Waals surface area contributed by atoms with Gasteiger partial charge in [0, 0.05) is 34.5 Å². The summed E-state index contributed by atoms with van der Waals surface area (Å²) in [6.07, 6.45) is 0.366. The van der Waals surface area contributed by atoms with Crippen molar-refractivity contribution in [2.75, 3.05) is 6.61 Å². The summed E-state index contributed by atoms with van der Waals surface area (Å²) in [5, 5.41) is 7.47. The van der Waals surface area contributed by atoms with Gasteiger partial charge in [0.05, 0.1) is 6.20 Å². The molecule has 3 heterocycles. The SMILES string of the molecule is Cc1cc(-c2cnc3[nH]ncc3c2)cnc1OCC(F)(F)F. The fourth-order valence-corrected chi connectivity index (χ4v) is 2.02. The lowest BCUT2D eigenvalue weighted by Gasteiger charge is -2.11. The molecule has 3 aromatic rings. The summed E-state index contributed by atoms with van der Waals surface area (Å²) in [4.78, 5) is 8.16. The van der Waals surface area contributed by atoms with Gasteiger partial charge in [-0.1, -0.05) is 0 Å². The van der Waals surface area contributed by atoms with E-state index in [9.17, 15) is 13.2 Å². The number of nitrogens with zero attached hydrogens (tertiary/aromatic N) is 3. The number of H-pyrrole nitrogens is 1. The summed E-state index contributed by atoms with van der Waals surface area (Å²) in [5.41, 5.74) is 2.73. The maximum absolute atomic E-state index is 12.2. The maximum atomic E-state index is 12.2. The van der Waals surface area contributed by atoms with Gasteiger partial charge in [-0.05, 0) is 19.1 Å². The first-order chi connectivity index (χ1) is 10.4. The second-order valence-corrected chi connectivity index (χ2v) is 4.78. The van der Waals surface area contributed by atoms with Crippen LogP contribution < -0.4 is 4.74 Å². The van der Waals surface area contributed by atoms with E-state index in [-0.39, 0.29) is 5.88 Å². The Morgan fingerprint density at radius 2 is 1.82 bits per heavy atom. The van der Waals surface area contributed by atoms with Crippen LogP contribution in [0.2, 0.25) is 0 Å². The molecule has 0 bridgehead atoms. The molecule has 5 nitrogen and oxygen atoms in total. The minimum absolute atomic E-state index is 0.0292. The van der Waals surface area contributed by atoms with Crippen molar-refractivity contribution in [2.45, 2.75) is 13.1 Å². The van der Waals surface area contributed by atoms with Crippen LogP contribution in [0.25, 0.3) is 22.2 Å². The smallest absolute Gasteiger partial charge is 0.422 e. The van der Waals surface area contributed by atoms with Crippen LogP contribution in [0.5, 0.6) is 5.88 Å². The summed E-state index contributed by atoms with van der Waals surface area (Å²) in [6, 6.07) is 3.58. The van der Waals surface area contributed by atoms with Gasteiger partial charge in [0.25, 0.3) is 0 Å². The van der Waals surface area contributed by atoms with Crippen LogP contribution in [-0.4, -0.2) is 32.9 Å². The molecule has 0 spiro atoms. The summed E-state index contributed by atoms with van der Waals surface area (Å²) in [6.45, 7) is 0.286. The number of rotatable bonds is 3. The molecule has 0 unspecified atom stereocenters. The van der Waals surface area contributed by atoms with Gasteiger partial charge in [0.15, 0.2) is 12.3 Å². The molecule has 0 radical (unpaired) electrons. The van der Waals surface area contributed by atoms with Crippen LogP contribution in [0.15, 0.2) is 30.7 Å². The number of aromatic amines is 1. The lowest BCUT2D eigenvalue weighted by atomic mass is 10.1. The zero-order chi connectivity index (χ0) is 15.7. The molecule has 0 amide bonds. The molecule has 0 saturated heterocycles. The van der Waals surface area contributed by atoms with Crippen LogP contribution in [0, 0.1) is 6.92 Å².